The Hall–Kier alpha value is -0.590. The quantitative estimate of drug-likeness (QED) is 0.465. The molecule has 1 aliphatic carbocycles. The van der Waals surface area contributed by atoms with Crippen LogP contribution >= 0.6 is 0 Å². The number of carbonyl (C=O) groups is 1. The second kappa shape index (κ2) is 4.44. The van der Waals surface area contributed by atoms with Crippen LogP contribution in [0.1, 0.15) is 39.5 Å². The van der Waals surface area contributed by atoms with Crippen LogP contribution in [0.5, 0.6) is 0 Å². The van der Waals surface area contributed by atoms with E-state index in [0.29, 0.717) is 12.3 Å². The van der Waals surface area contributed by atoms with Crippen molar-refractivity contribution in [2.75, 3.05) is 0 Å². The topological polar surface area (TPSA) is 17.1 Å². The molecule has 1 nitrogen and oxygen atoms in total. The van der Waals surface area contributed by atoms with Gasteiger partial charge < -0.3 is 4.79 Å². The highest BCUT2D eigenvalue weighted by atomic mass is 16.1. The van der Waals surface area contributed by atoms with Crippen LogP contribution in [0.2, 0.25) is 0 Å². The molecule has 1 aliphatic rings. The Bertz CT molecular complexity index is 181. The first-order chi connectivity index (χ1) is 5.74. The van der Waals surface area contributed by atoms with E-state index in [4.69, 9.17) is 0 Å². The molecule has 0 saturated carbocycles. The summed E-state index contributed by atoms with van der Waals surface area (Å²) in [6, 6.07) is 0. The van der Waals surface area contributed by atoms with E-state index in [-0.39, 0.29) is 0 Å². The third kappa shape index (κ3) is 2.47. The van der Waals surface area contributed by atoms with Crippen LogP contribution in [-0.4, -0.2) is 6.29 Å². The van der Waals surface area contributed by atoms with E-state index >= 15 is 0 Å². The Morgan fingerprint density at radius 3 is 3.00 bits per heavy atom. The van der Waals surface area contributed by atoms with Gasteiger partial charge in [-0.3, -0.25) is 0 Å². The van der Waals surface area contributed by atoms with E-state index in [1.807, 2.05) is 0 Å². The van der Waals surface area contributed by atoms with Crippen LogP contribution in [0, 0.1) is 11.8 Å². The number of hydrogen-bond acceptors (Lipinski definition) is 1. The average Bonchev–Trinajstić information content (AvgIpc) is 2.06. The third-order valence-electron chi connectivity index (χ3n) is 2.79. The lowest BCUT2D eigenvalue weighted by Gasteiger charge is -2.21. The fourth-order valence-corrected chi connectivity index (χ4v) is 1.73. The van der Waals surface area contributed by atoms with Gasteiger partial charge in [0.1, 0.15) is 6.29 Å². The van der Waals surface area contributed by atoms with Gasteiger partial charge in [-0.05, 0) is 31.1 Å². The minimum absolute atomic E-state index is 0.481. The summed E-state index contributed by atoms with van der Waals surface area (Å²) in [7, 11) is 0. The van der Waals surface area contributed by atoms with Gasteiger partial charge in [-0.1, -0.05) is 25.5 Å². The van der Waals surface area contributed by atoms with E-state index in [9.17, 15) is 4.79 Å². The van der Waals surface area contributed by atoms with Gasteiger partial charge in [-0.2, -0.15) is 0 Å². The lowest BCUT2D eigenvalue weighted by atomic mass is 9.84. The molecule has 0 fully saturated rings. The Kier molecular flexibility index (Phi) is 3.51. The van der Waals surface area contributed by atoms with Crippen LogP contribution in [0.4, 0.5) is 0 Å². The number of allylic oxidation sites excluding steroid dienone is 2. The molecule has 0 heterocycles. The van der Waals surface area contributed by atoms with Crippen LogP contribution in [-0.2, 0) is 4.79 Å². The van der Waals surface area contributed by atoms with Gasteiger partial charge in [-0.25, -0.2) is 0 Å². The molecule has 0 amide bonds. The van der Waals surface area contributed by atoms with Gasteiger partial charge in [-0.15, -0.1) is 0 Å². The summed E-state index contributed by atoms with van der Waals surface area (Å²) in [5, 5.41) is 0. The molecule has 0 aromatic rings. The Morgan fingerprint density at radius 2 is 2.50 bits per heavy atom. The number of hydrogen-bond donors (Lipinski definition) is 0. The predicted octanol–water partition coefficient (Wildman–Crippen LogP) is 2.96. The highest BCUT2D eigenvalue weighted by Crippen LogP contribution is 2.28. The minimum Gasteiger partial charge on any atom is -0.303 e. The Morgan fingerprint density at radius 1 is 1.75 bits per heavy atom. The third-order valence-corrected chi connectivity index (χ3v) is 2.79. The average molecular weight is 166 g/mol. The first kappa shape index (κ1) is 9.50. The van der Waals surface area contributed by atoms with Crippen molar-refractivity contribution in [1.29, 1.82) is 0 Å². The van der Waals surface area contributed by atoms with Crippen molar-refractivity contribution < 1.29 is 4.79 Å². The van der Waals surface area contributed by atoms with Crippen molar-refractivity contribution in [2.45, 2.75) is 39.5 Å². The summed E-state index contributed by atoms with van der Waals surface area (Å²) >= 11 is 0. The van der Waals surface area contributed by atoms with Crippen molar-refractivity contribution in [3.63, 3.8) is 0 Å². The maximum absolute atomic E-state index is 10.3. The summed E-state index contributed by atoms with van der Waals surface area (Å²) in [4.78, 5) is 10.3. The molecule has 0 spiro atoms. The summed E-state index contributed by atoms with van der Waals surface area (Å²) < 4.78 is 0. The first-order valence-corrected chi connectivity index (χ1v) is 4.86. The van der Waals surface area contributed by atoms with Crippen LogP contribution in [0.15, 0.2) is 11.6 Å². The molecule has 0 aromatic carbocycles. The molecule has 68 valence electrons. The summed E-state index contributed by atoms with van der Waals surface area (Å²) in [6.45, 7) is 4.44. The standard InChI is InChI=1S/C11H18O/c1-9-3-5-11(6-4-9)10(2)7-8-12/h5,8-10H,3-4,6-7H2,1-2H3. The molecule has 0 aromatic heterocycles. The van der Waals surface area contributed by atoms with Crippen LogP contribution in [0.25, 0.3) is 0 Å². The SMILES string of the molecule is CC1CC=C(C(C)CC=O)CC1. The molecule has 0 saturated heterocycles. The monoisotopic (exact) mass is 166 g/mol. The van der Waals surface area contributed by atoms with Crippen LogP contribution < -0.4 is 0 Å². The molecule has 1 heteroatoms. The minimum atomic E-state index is 0.481. The fraction of sp³-hybridized carbons (Fsp3) is 0.727. The molecule has 1 rings (SSSR count). The molecular weight excluding hydrogens is 148 g/mol. The van der Waals surface area contributed by atoms with E-state index < -0.39 is 0 Å². The summed E-state index contributed by atoms with van der Waals surface area (Å²) in [5.74, 6) is 1.33. The number of rotatable bonds is 3. The number of carbonyl (C=O) groups excluding carboxylic acids is 1. The van der Waals surface area contributed by atoms with E-state index in [0.717, 1.165) is 12.2 Å². The molecule has 2 unspecified atom stereocenters. The van der Waals surface area contributed by atoms with E-state index in [1.165, 1.54) is 24.8 Å². The largest absolute Gasteiger partial charge is 0.303 e. The first-order valence-electron chi connectivity index (χ1n) is 4.86. The second-order valence-corrected chi connectivity index (χ2v) is 3.96. The van der Waals surface area contributed by atoms with Crippen molar-refractivity contribution in [3.05, 3.63) is 11.6 Å². The number of aldehydes is 1. The highest BCUT2D eigenvalue weighted by molar-refractivity contribution is 5.50. The Balaban J connectivity index is 2.46. The van der Waals surface area contributed by atoms with Crippen LogP contribution in [0.3, 0.4) is 0 Å². The van der Waals surface area contributed by atoms with Gasteiger partial charge in [0.15, 0.2) is 0 Å². The lowest BCUT2D eigenvalue weighted by molar-refractivity contribution is -0.108. The van der Waals surface area contributed by atoms with Gasteiger partial charge in [0.05, 0.1) is 0 Å². The zero-order valence-corrected chi connectivity index (χ0v) is 8.05. The molecule has 0 bridgehead atoms. The predicted molar refractivity (Wildman–Crippen MR) is 50.9 cm³/mol. The molecule has 0 aliphatic heterocycles. The summed E-state index contributed by atoms with van der Waals surface area (Å²) in [5.41, 5.74) is 1.50. The smallest absolute Gasteiger partial charge is 0.120 e. The second-order valence-electron chi connectivity index (χ2n) is 3.96. The fourth-order valence-electron chi connectivity index (χ4n) is 1.73. The van der Waals surface area contributed by atoms with Crippen molar-refractivity contribution in [2.24, 2.45) is 11.8 Å². The zero-order valence-electron chi connectivity index (χ0n) is 8.05. The zero-order chi connectivity index (χ0) is 8.97. The maximum atomic E-state index is 10.3. The molecular formula is C11H18O. The molecule has 0 N–H and O–H groups in total. The van der Waals surface area contributed by atoms with Crippen molar-refractivity contribution >= 4 is 6.29 Å². The normalized spacial score (nSPS) is 26.2. The maximum Gasteiger partial charge on any atom is 0.120 e. The molecule has 0 radical (unpaired) electrons. The lowest BCUT2D eigenvalue weighted by Crippen LogP contribution is -2.08. The molecule has 2 atom stereocenters. The van der Waals surface area contributed by atoms with E-state index in [2.05, 4.69) is 19.9 Å². The Labute approximate surface area is 74.9 Å². The highest BCUT2D eigenvalue weighted by Gasteiger charge is 2.14. The van der Waals surface area contributed by atoms with Gasteiger partial charge >= 0.3 is 0 Å². The van der Waals surface area contributed by atoms with Gasteiger partial charge in [0.2, 0.25) is 0 Å². The van der Waals surface area contributed by atoms with Crippen molar-refractivity contribution in [3.8, 4) is 0 Å². The van der Waals surface area contributed by atoms with E-state index in [1.54, 1.807) is 0 Å². The van der Waals surface area contributed by atoms with Gasteiger partial charge in [0, 0.05) is 6.42 Å². The van der Waals surface area contributed by atoms with Crippen molar-refractivity contribution in [1.82, 2.24) is 0 Å². The molecule has 12 heavy (non-hydrogen) atoms. The summed E-state index contributed by atoms with van der Waals surface area (Å²) in [6.07, 6.45) is 7.77. The van der Waals surface area contributed by atoms with Gasteiger partial charge in [0.25, 0.3) is 0 Å².